The predicted molar refractivity (Wildman–Crippen MR) is 176 cm³/mol. The topological polar surface area (TPSA) is 168 Å². The minimum Gasteiger partial charge on any atom is -0.480 e. The van der Waals surface area contributed by atoms with Crippen molar-refractivity contribution >= 4 is 23.6 Å². The number of quaternary nitrogens is 2. The number of carboxylic acid groups (broad SMARTS) is 1. The fourth-order valence-corrected chi connectivity index (χ4v) is 5.63. The number of carbonyl (C=O) groups is 4. The van der Waals surface area contributed by atoms with Gasteiger partial charge in [0.15, 0.2) is 5.78 Å². The molecule has 9 heteroatoms. The molecule has 0 radical (unpaired) electrons. The summed E-state index contributed by atoms with van der Waals surface area (Å²) >= 11 is 0. The van der Waals surface area contributed by atoms with Gasteiger partial charge in [0.2, 0.25) is 11.8 Å². The summed E-state index contributed by atoms with van der Waals surface area (Å²) in [5.41, 5.74) is 9.53. The second-order valence-corrected chi connectivity index (χ2v) is 13.4. The van der Waals surface area contributed by atoms with E-state index in [0.717, 1.165) is 24.0 Å². The van der Waals surface area contributed by atoms with Crippen LogP contribution in [0.4, 0.5) is 0 Å². The van der Waals surface area contributed by atoms with Gasteiger partial charge in [0.1, 0.15) is 6.04 Å². The van der Waals surface area contributed by atoms with Crippen molar-refractivity contribution < 1.29 is 35.8 Å². The van der Waals surface area contributed by atoms with E-state index in [1.54, 1.807) is 0 Å². The van der Waals surface area contributed by atoms with Gasteiger partial charge < -0.3 is 27.2 Å². The minimum absolute atomic E-state index is 0.0887. The predicted octanol–water partition coefficient (Wildman–Crippen LogP) is 2.98. The third-order valence-corrected chi connectivity index (χ3v) is 8.02. The third kappa shape index (κ3) is 14.8. The fraction of sp³-hybridized carbons (Fsp3) is 0.556. The molecule has 0 aliphatic carbocycles. The van der Waals surface area contributed by atoms with Crippen LogP contribution in [0.5, 0.6) is 0 Å². The summed E-state index contributed by atoms with van der Waals surface area (Å²) in [4.78, 5) is 53.2. The molecule has 4 atom stereocenters. The first-order valence-electron chi connectivity index (χ1n) is 16.5. The van der Waals surface area contributed by atoms with Crippen LogP contribution >= 0.6 is 0 Å². The number of nitrogens with one attached hydrogen (secondary N) is 2. The van der Waals surface area contributed by atoms with Gasteiger partial charge >= 0.3 is 5.97 Å². The second kappa shape index (κ2) is 19.7. The quantitative estimate of drug-likeness (QED) is 0.134. The van der Waals surface area contributed by atoms with Crippen molar-refractivity contribution in [3.05, 3.63) is 71.8 Å². The summed E-state index contributed by atoms with van der Waals surface area (Å²) in [5.74, 6) is -2.99. The van der Waals surface area contributed by atoms with Crippen LogP contribution in [0, 0.1) is 17.3 Å². The van der Waals surface area contributed by atoms with Crippen LogP contribution in [0.2, 0.25) is 0 Å². The van der Waals surface area contributed by atoms with Crippen LogP contribution in [0.3, 0.4) is 0 Å². The zero-order valence-corrected chi connectivity index (χ0v) is 27.6. The molecular weight excluding hydrogens is 568 g/mol. The number of benzene rings is 2. The van der Waals surface area contributed by atoms with Gasteiger partial charge in [-0.25, -0.2) is 4.79 Å². The molecule has 0 fully saturated rings. The monoisotopic (exact) mass is 624 g/mol. The second-order valence-electron chi connectivity index (χ2n) is 13.4. The molecule has 0 saturated heterocycles. The van der Waals surface area contributed by atoms with Crippen LogP contribution < -0.4 is 22.1 Å². The lowest BCUT2D eigenvalue weighted by Crippen LogP contribution is -2.50. The van der Waals surface area contributed by atoms with Crippen molar-refractivity contribution in [3.8, 4) is 0 Å². The summed E-state index contributed by atoms with van der Waals surface area (Å²) in [5, 5.41) is 15.5. The standard InChI is InChI=1S/C36H54N4O5/c1-36(2,3)25-29(22-26-14-6-4-7-15-26)34(43)40-31(23-27-16-8-5-9-17-27)32(41)24-28(18-10-12-20-37)33(42)39-30(35(44)45)19-11-13-21-38/h4-9,14-17,28-31H,10-13,18-25,37-38H2,1-3H3,(H,39,42)(H,40,43)(H,44,45)/p+2/t28-,29-,30+,31+/m0/s1. The molecule has 2 aromatic rings. The molecule has 0 unspecified atom stereocenters. The molecule has 248 valence electrons. The van der Waals surface area contributed by atoms with Crippen molar-refractivity contribution in [1.82, 2.24) is 10.6 Å². The van der Waals surface area contributed by atoms with Gasteiger partial charge in [0.25, 0.3) is 0 Å². The van der Waals surface area contributed by atoms with Crippen LogP contribution in [0.1, 0.15) is 83.3 Å². The number of unbranched alkanes of at least 4 members (excludes halogenated alkanes) is 2. The van der Waals surface area contributed by atoms with E-state index in [4.69, 9.17) is 0 Å². The molecule has 9 N–H and O–H groups in total. The van der Waals surface area contributed by atoms with E-state index in [1.165, 1.54) is 0 Å². The van der Waals surface area contributed by atoms with Crippen molar-refractivity contribution in [2.75, 3.05) is 13.1 Å². The summed E-state index contributed by atoms with van der Waals surface area (Å²) in [7, 11) is 0. The Kier molecular flexibility index (Phi) is 16.5. The molecule has 0 bridgehead atoms. The summed E-state index contributed by atoms with van der Waals surface area (Å²) in [6.07, 6.45) is 5.03. The number of hydrogen-bond donors (Lipinski definition) is 5. The van der Waals surface area contributed by atoms with E-state index in [1.807, 2.05) is 60.7 Å². The van der Waals surface area contributed by atoms with E-state index in [9.17, 15) is 24.3 Å². The summed E-state index contributed by atoms with van der Waals surface area (Å²) < 4.78 is 0. The van der Waals surface area contributed by atoms with Gasteiger partial charge in [-0.2, -0.15) is 0 Å². The highest BCUT2D eigenvalue weighted by atomic mass is 16.4. The molecule has 0 aromatic heterocycles. The number of aliphatic carboxylic acids is 1. The molecule has 2 aromatic carbocycles. The molecule has 0 saturated carbocycles. The maximum atomic E-state index is 14.0. The Bertz CT molecular complexity index is 1180. The Morgan fingerprint density at radius 2 is 1.18 bits per heavy atom. The van der Waals surface area contributed by atoms with Crippen molar-refractivity contribution in [2.24, 2.45) is 17.3 Å². The number of amides is 2. The number of ketones is 1. The molecule has 0 spiro atoms. The third-order valence-electron chi connectivity index (χ3n) is 8.02. The van der Waals surface area contributed by atoms with Crippen LogP contribution in [0.25, 0.3) is 0 Å². The van der Waals surface area contributed by atoms with Gasteiger partial charge in [-0.1, -0.05) is 81.4 Å². The van der Waals surface area contributed by atoms with Crippen LogP contribution in [0.15, 0.2) is 60.7 Å². The molecule has 0 aliphatic heterocycles. The first-order valence-corrected chi connectivity index (χ1v) is 16.5. The SMILES string of the molecule is CC(C)(C)C[C@H](Cc1ccccc1)C(=O)N[C@H](Cc1ccccc1)C(=O)C[C@H](CCCC[NH3+])C(=O)N[C@H](CCCC[NH3+])C(=O)O. The molecule has 9 nitrogen and oxygen atoms in total. The maximum absolute atomic E-state index is 14.0. The van der Waals surface area contributed by atoms with Gasteiger partial charge in [-0.05, 0) is 74.3 Å². The molecule has 2 rings (SSSR count). The zero-order valence-electron chi connectivity index (χ0n) is 27.6. The van der Waals surface area contributed by atoms with E-state index < -0.39 is 29.9 Å². The average Bonchev–Trinajstić information content (AvgIpc) is 2.99. The highest BCUT2D eigenvalue weighted by Gasteiger charge is 2.32. The van der Waals surface area contributed by atoms with Crippen molar-refractivity contribution in [3.63, 3.8) is 0 Å². The fourth-order valence-electron chi connectivity index (χ4n) is 5.63. The normalized spacial score (nSPS) is 14.2. The molecule has 45 heavy (non-hydrogen) atoms. The van der Waals surface area contributed by atoms with E-state index in [-0.39, 0.29) is 29.4 Å². The van der Waals surface area contributed by atoms with Gasteiger partial charge in [0, 0.05) is 18.3 Å². The number of carboxylic acids is 1. The van der Waals surface area contributed by atoms with Crippen LogP contribution in [-0.4, -0.2) is 53.8 Å². The Morgan fingerprint density at radius 1 is 0.689 bits per heavy atom. The molecule has 0 heterocycles. The molecular formula is C36H56N4O5+2. The lowest BCUT2D eigenvalue weighted by molar-refractivity contribution is -0.369. The minimum atomic E-state index is -1.09. The maximum Gasteiger partial charge on any atom is 0.326 e. The Morgan fingerprint density at radius 3 is 1.69 bits per heavy atom. The van der Waals surface area contributed by atoms with E-state index in [2.05, 4.69) is 42.9 Å². The highest BCUT2D eigenvalue weighted by molar-refractivity contribution is 5.94. The molecule has 2 amide bonds. The first kappa shape index (κ1) is 37.6. The summed E-state index contributed by atoms with van der Waals surface area (Å²) in [6.45, 7) is 7.70. The number of carbonyl (C=O) groups excluding carboxylic acids is 3. The lowest BCUT2D eigenvalue weighted by Gasteiger charge is -2.28. The Labute approximate surface area is 268 Å². The van der Waals surface area contributed by atoms with E-state index >= 15 is 0 Å². The molecule has 0 aliphatic rings. The van der Waals surface area contributed by atoms with Gasteiger partial charge in [0.05, 0.1) is 19.1 Å². The van der Waals surface area contributed by atoms with Gasteiger partial charge in [-0.3, -0.25) is 14.4 Å². The van der Waals surface area contributed by atoms with Gasteiger partial charge in [-0.15, -0.1) is 0 Å². The lowest BCUT2D eigenvalue weighted by atomic mass is 9.81. The highest BCUT2D eigenvalue weighted by Crippen LogP contribution is 2.27. The van der Waals surface area contributed by atoms with E-state index in [0.29, 0.717) is 58.0 Å². The number of rotatable bonds is 21. The van der Waals surface area contributed by atoms with Crippen molar-refractivity contribution in [1.29, 1.82) is 0 Å². The zero-order chi connectivity index (χ0) is 33.2. The van der Waals surface area contributed by atoms with Crippen LogP contribution in [-0.2, 0) is 32.0 Å². The van der Waals surface area contributed by atoms with Crippen molar-refractivity contribution in [2.45, 2.75) is 97.1 Å². The average molecular weight is 625 g/mol. The summed E-state index contributed by atoms with van der Waals surface area (Å²) in [6, 6.07) is 17.6. The largest absolute Gasteiger partial charge is 0.480 e. The Balaban J connectivity index is 2.30. The Hall–Kier alpha value is -3.56. The number of hydrogen-bond acceptors (Lipinski definition) is 4. The first-order chi connectivity index (χ1) is 21.4. The number of Topliss-reactive ketones (excluding diaryl/α,β-unsaturated/α-hetero) is 1. The smallest absolute Gasteiger partial charge is 0.326 e.